The normalized spacial score (nSPS) is 19.8. The Balaban J connectivity index is 2.23. The molecule has 1 heterocycles. The number of hydrogen-bond acceptors (Lipinski definition) is 4. The molecule has 0 bridgehead atoms. The van der Waals surface area contributed by atoms with Crippen molar-refractivity contribution < 1.29 is 18.0 Å². The number of rotatable bonds is 3. The van der Waals surface area contributed by atoms with Gasteiger partial charge in [0.2, 0.25) is 21.8 Å². The van der Waals surface area contributed by atoms with Crippen LogP contribution in [-0.4, -0.2) is 26.3 Å². The van der Waals surface area contributed by atoms with Crippen molar-refractivity contribution in [1.82, 2.24) is 10.0 Å². The van der Waals surface area contributed by atoms with Crippen molar-refractivity contribution in [3.63, 3.8) is 0 Å². The van der Waals surface area contributed by atoms with Crippen LogP contribution in [0.2, 0.25) is 0 Å². The standard InChI is InChI=1S/C13H16N2O4S/c1-8-5-9(2)7-10(6-8)20(18,19)15-11-3-4-12(16)14-13(11)17/h5-7,11,15H,3-4H2,1-2H3,(H,14,16,17). The highest BCUT2D eigenvalue weighted by Gasteiger charge is 2.30. The number of imide groups is 1. The molecule has 1 saturated heterocycles. The average molecular weight is 296 g/mol. The maximum absolute atomic E-state index is 12.3. The molecule has 0 radical (unpaired) electrons. The van der Waals surface area contributed by atoms with Crippen molar-refractivity contribution in [3.05, 3.63) is 29.3 Å². The summed E-state index contributed by atoms with van der Waals surface area (Å²) in [6.07, 6.45) is 0.306. The minimum atomic E-state index is -3.78. The molecule has 6 nitrogen and oxygen atoms in total. The number of hydrogen-bond donors (Lipinski definition) is 2. The number of carbonyl (C=O) groups is 2. The molecule has 1 aliphatic heterocycles. The molecule has 1 fully saturated rings. The smallest absolute Gasteiger partial charge is 0.244 e. The molecule has 1 unspecified atom stereocenters. The number of aryl methyl sites for hydroxylation is 2. The van der Waals surface area contributed by atoms with Crippen LogP contribution in [-0.2, 0) is 19.6 Å². The molecule has 1 atom stereocenters. The van der Waals surface area contributed by atoms with Gasteiger partial charge in [0.15, 0.2) is 0 Å². The maximum Gasteiger partial charge on any atom is 0.244 e. The lowest BCUT2D eigenvalue weighted by molar-refractivity contribution is -0.134. The zero-order valence-electron chi connectivity index (χ0n) is 11.3. The van der Waals surface area contributed by atoms with Crippen LogP contribution < -0.4 is 10.0 Å². The van der Waals surface area contributed by atoms with E-state index < -0.39 is 22.0 Å². The highest BCUT2D eigenvalue weighted by molar-refractivity contribution is 7.89. The largest absolute Gasteiger partial charge is 0.295 e. The lowest BCUT2D eigenvalue weighted by Gasteiger charge is -2.21. The molecule has 2 N–H and O–H groups in total. The molecular formula is C13H16N2O4S. The van der Waals surface area contributed by atoms with Gasteiger partial charge in [-0.1, -0.05) is 6.07 Å². The van der Waals surface area contributed by atoms with Gasteiger partial charge in [0.1, 0.15) is 6.04 Å². The van der Waals surface area contributed by atoms with Crippen LogP contribution in [0.1, 0.15) is 24.0 Å². The van der Waals surface area contributed by atoms with E-state index in [1.807, 2.05) is 6.07 Å². The first-order valence-corrected chi connectivity index (χ1v) is 7.70. The van der Waals surface area contributed by atoms with Gasteiger partial charge in [0.05, 0.1) is 4.90 Å². The summed E-state index contributed by atoms with van der Waals surface area (Å²) in [6.45, 7) is 3.61. The third kappa shape index (κ3) is 3.23. The van der Waals surface area contributed by atoms with Crippen LogP contribution in [0.3, 0.4) is 0 Å². The highest BCUT2D eigenvalue weighted by Crippen LogP contribution is 2.16. The first-order chi connectivity index (χ1) is 9.28. The van der Waals surface area contributed by atoms with Crippen molar-refractivity contribution in [2.24, 2.45) is 0 Å². The summed E-state index contributed by atoms with van der Waals surface area (Å²) in [7, 11) is -3.78. The average Bonchev–Trinajstić information content (AvgIpc) is 2.31. The number of nitrogens with one attached hydrogen (secondary N) is 2. The second-order valence-corrected chi connectivity index (χ2v) is 6.66. The summed E-state index contributed by atoms with van der Waals surface area (Å²) >= 11 is 0. The fourth-order valence-electron chi connectivity index (χ4n) is 2.15. The topological polar surface area (TPSA) is 92.3 Å². The summed E-state index contributed by atoms with van der Waals surface area (Å²) in [5.41, 5.74) is 1.65. The molecule has 0 spiro atoms. The Morgan fingerprint density at radius 2 is 1.75 bits per heavy atom. The van der Waals surface area contributed by atoms with Gasteiger partial charge in [-0.3, -0.25) is 14.9 Å². The monoisotopic (exact) mass is 296 g/mol. The van der Waals surface area contributed by atoms with Crippen LogP contribution in [0.15, 0.2) is 23.1 Å². The van der Waals surface area contributed by atoms with E-state index in [0.717, 1.165) is 11.1 Å². The van der Waals surface area contributed by atoms with Gasteiger partial charge in [0.25, 0.3) is 0 Å². The molecule has 0 aromatic heterocycles. The fraction of sp³-hybridized carbons (Fsp3) is 0.385. The molecule has 1 aromatic carbocycles. The Morgan fingerprint density at radius 1 is 1.15 bits per heavy atom. The van der Waals surface area contributed by atoms with Gasteiger partial charge >= 0.3 is 0 Å². The zero-order valence-corrected chi connectivity index (χ0v) is 12.1. The molecule has 1 aromatic rings. The lowest BCUT2D eigenvalue weighted by atomic mass is 10.1. The summed E-state index contributed by atoms with van der Waals surface area (Å²) in [6, 6.07) is 4.05. The van der Waals surface area contributed by atoms with E-state index >= 15 is 0 Å². The summed E-state index contributed by atoms with van der Waals surface area (Å²) < 4.78 is 26.9. The predicted octanol–water partition coefficient (Wildman–Crippen LogP) is 0.387. The van der Waals surface area contributed by atoms with E-state index in [2.05, 4.69) is 10.0 Å². The van der Waals surface area contributed by atoms with Crippen LogP contribution in [0, 0.1) is 13.8 Å². The molecule has 2 rings (SSSR count). The molecule has 0 aliphatic carbocycles. The third-order valence-electron chi connectivity index (χ3n) is 3.04. The molecule has 0 saturated carbocycles. The number of benzene rings is 1. The van der Waals surface area contributed by atoms with E-state index in [1.165, 1.54) is 0 Å². The van der Waals surface area contributed by atoms with Gasteiger partial charge in [-0.2, -0.15) is 4.72 Å². The molecule has 2 amide bonds. The molecular weight excluding hydrogens is 280 g/mol. The van der Waals surface area contributed by atoms with Crippen molar-refractivity contribution in [2.45, 2.75) is 37.6 Å². The molecule has 108 valence electrons. The second-order valence-electron chi connectivity index (χ2n) is 4.95. The SMILES string of the molecule is Cc1cc(C)cc(S(=O)(=O)NC2CCC(=O)NC2=O)c1. The number of carbonyl (C=O) groups excluding carboxylic acids is 2. The Bertz CT molecular complexity index is 647. The number of piperidine rings is 1. The Hall–Kier alpha value is -1.73. The van der Waals surface area contributed by atoms with E-state index in [1.54, 1.807) is 26.0 Å². The lowest BCUT2D eigenvalue weighted by Crippen LogP contribution is -2.52. The van der Waals surface area contributed by atoms with Gasteiger partial charge in [-0.15, -0.1) is 0 Å². The third-order valence-corrected chi connectivity index (χ3v) is 4.49. The van der Waals surface area contributed by atoms with Gasteiger partial charge in [-0.05, 0) is 43.5 Å². The summed E-state index contributed by atoms with van der Waals surface area (Å²) in [4.78, 5) is 22.7. The molecule has 20 heavy (non-hydrogen) atoms. The number of amides is 2. The highest BCUT2D eigenvalue weighted by atomic mass is 32.2. The zero-order chi connectivity index (χ0) is 14.9. The van der Waals surface area contributed by atoms with Crippen LogP contribution in [0.25, 0.3) is 0 Å². The van der Waals surface area contributed by atoms with Crippen LogP contribution in [0.5, 0.6) is 0 Å². The first kappa shape index (κ1) is 14.7. The Labute approximate surface area is 117 Å². The van der Waals surface area contributed by atoms with Gasteiger partial charge < -0.3 is 0 Å². The number of sulfonamides is 1. The maximum atomic E-state index is 12.3. The summed E-state index contributed by atoms with van der Waals surface area (Å²) in [5.74, 6) is -0.981. The van der Waals surface area contributed by atoms with Crippen molar-refractivity contribution in [3.8, 4) is 0 Å². The minimum absolute atomic E-state index is 0.125. The second kappa shape index (κ2) is 5.34. The van der Waals surface area contributed by atoms with E-state index in [-0.39, 0.29) is 23.6 Å². The van der Waals surface area contributed by atoms with Crippen molar-refractivity contribution in [1.29, 1.82) is 0 Å². The Kier molecular flexibility index (Phi) is 3.92. The molecule has 1 aliphatic rings. The fourth-order valence-corrected chi connectivity index (χ4v) is 3.57. The van der Waals surface area contributed by atoms with Gasteiger partial charge in [0, 0.05) is 6.42 Å². The summed E-state index contributed by atoms with van der Waals surface area (Å²) in [5, 5.41) is 2.12. The van der Waals surface area contributed by atoms with Gasteiger partial charge in [-0.25, -0.2) is 8.42 Å². The van der Waals surface area contributed by atoms with Crippen molar-refractivity contribution in [2.75, 3.05) is 0 Å². The van der Waals surface area contributed by atoms with Crippen molar-refractivity contribution >= 4 is 21.8 Å². The molecule has 7 heteroatoms. The predicted molar refractivity (Wildman–Crippen MR) is 72.4 cm³/mol. The first-order valence-electron chi connectivity index (χ1n) is 6.22. The van der Waals surface area contributed by atoms with E-state index in [4.69, 9.17) is 0 Å². The van der Waals surface area contributed by atoms with E-state index in [9.17, 15) is 18.0 Å². The quantitative estimate of drug-likeness (QED) is 0.789. The van der Waals surface area contributed by atoms with Crippen LogP contribution in [0.4, 0.5) is 0 Å². The Morgan fingerprint density at radius 3 is 2.30 bits per heavy atom. The van der Waals surface area contributed by atoms with Crippen LogP contribution >= 0.6 is 0 Å². The van der Waals surface area contributed by atoms with E-state index in [0.29, 0.717) is 0 Å². The minimum Gasteiger partial charge on any atom is -0.295 e.